The van der Waals surface area contributed by atoms with Gasteiger partial charge in [-0.15, -0.1) is 0 Å². The Morgan fingerprint density at radius 3 is 2.71 bits per heavy atom. The van der Waals surface area contributed by atoms with Gasteiger partial charge in [-0.1, -0.05) is 29.9 Å². The van der Waals surface area contributed by atoms with Crippen LogP contribution in [0.25, 0.3) is 0 Å². The Kier molecular flexibility index (Phi) is 4.52. The molecule has 0 aliphatic carbocycles. The van der Waals surface area contributed by atoms with E-state index in [0.717, 1.165) is 0 Å². The van der Waals surface area contributed by atoms with E-state index < -0.39 is 16.1 Å². The molecule has 1 aromatic rings. The van der Waals surface area contributed by atoms with Crippen molar-refractivity contribution < 1.29 is 13.2 Å². The molecule has 1 fully saturated rings. The summed E-state index contributed by atoms with van der Waals surface area (Å²) in [5.41, 5.74) is 5.89. The summed E-state index contributed by atoms with van der Waals surface area (Å²) in [6.07, 6.45) is 0.418. The van der Waals surface area contributed by atoms with Gasteiger partial charge in [0.05, 0.1) is 5.02 Å². The number of carbonyl (C=O) groups excluding carboxylic acids is 1. The molecule has 0 radical (unpaired) electrons. The Bertz CT molecular complexity index is 706. The second-order valence-corrected chi connectivity index (χ2v) is 7.26. The monoisotopic (exact) mass is 347 g/mol. The smallest absolute Gasteiger partial charge is 0.242 e. The molecular weight excluding hydrogens is 334 g/mol. The summed E-state index contributed by atoms with van der Waals surface area (Å²) in [5, 5.41) is 0.0429. The molecule has 0 aromatic heterocycles. The van der Waals surface area contributed by atoms with Gasteiger partial charge in [-0.05, 0) is 18.6 Å². The zero-order valence-electron chi connectivity index (χ0n) is 11.2. The SMILES string of the molecule is CN1CCC(NS(=O)(=O)c2cc(C(N)=S)ccc2Cl)C1=O. The maximum absolute atomic E-state index is 12.4. The van der Waals surface area contributed by atoms with Crippen molar-refractivity contribution in [3.05, 3.63) is 28.8 Å². The van der Waals surface area contributed by atoms with Crippen LogP contribution in [0.5, 0.6) is 0 Å². The van der Waals surface area contributed by atoms with Gasteiger partial charge in [0.1, 0.15) is 15.9 Å². The highest BCUT2D eigenvalue weighted by Gasteiger charge is 2.33. The van der Waals surface area contributed by atoms with Crippen LogP contribution in [-0.2, 0) is 14.8 Å². The number of nitrogens with zero attached hydrogens (tertiary/aromatic N) is 1. The van der Waals surface area contributed by atoms with E-state index in [1.165, 1.54) is 23.1 Å². The molecule has 0 bridgehead atoms. The van der Waals surface area contributed by atoms with Gasteiger partial charge < -0.3 is 10.6 Å². The van der Waals surface area contributed by atoms with Crippen LogP contribution < -0.4 is 10.5 Å². The third kappa shape index (κ3) is 3.34. The summed E-state index contributed by atoms with van der Waals surface area (Å²) < 4.78 is 27.1. The molecule has 21 heavy (non-hydrogen) atoms. The van der Waals surface area contributed by atoms with Crippen molar-refractivity contribution in [1.82, 2.24) is 9.62 Å². The number of sulfonamides is 1. The third-order valence-electron chi connectivity index (χ3n) is 3.23. The first-order chi connectivity index (χ1) is 9.72. The summed E-state index contributed by atoms with van der Waals surface area (Å²) in [6, 6.07) is 3.48. The standard InChI is InChI=1S/C12H14ClN3O3S2/c1-16-5-4-9(12(16)17)15-21(18,19)10-6-7(11(14)20)2-3-8(10)13/h2-3,6,9,15H,4-5H2,1H3,(H2,14,20). The fourth-order valence-corrected chi connectivity index (χ4v) is 3.92. The Morgan fingerprint density at radius 1 is 1.52 bits per heavy atom. The van der Waals surface area contributed by atoms with Crippen molar-refractivity contribution in [1.29, 1.82) is 0 Å². The van der Waals surface area contributed by atoms with E-state index >= 15 is 0 Å². The van der Waals surface area contributed by atoms with Crippen molar-refractivity contribution in [2.24, 2.45) is 5.73 Å². The van der Waals surface area contributed by atoms with Crippen LogP contribution in [-0.4, -0.2) is 43.8 Å². The molecule has 1 heterocycles. The Labute approximate surface area is 133 Å². The second-order valence-electron chi connectivity index (χ2n) is 4.73. The molecule has 1 aromatic carbocycles. The van der Waals surface area contributed by atoms with Gasteiger partial charge in [-0.3, -0.25) is 4.79 Å². The lowest BCUT2D eigenvalue weighted by atomic mass is 10.2. The lowest BCUT2D eigenvalue weighted by molar-refractivity contribution is -0.127. The van der Waals surface area contributed by atoms with E-state index in [4.69, 9.17) is 29.6 Å². The van der Waals surface area contributed by atoms with Crippen molar-refractivity contribution in [3.63, 3.8) is 0 Å². The predicted octanol–water partition coefficient (Wildman–Crippen LogP) is 0.483. The molecule has 6 nitrogen and oxygen atoms in total. The lowest BCUT2D eigenvalue weighted by Gasteiger charge is -2.14. The zero-order valence-corrected chi connectivity index (χ0v) is 13.6. The first-order valence-corrected chi connectivity index (χ1v) is 8.36. The molecule has 1 saturated heterocycles. The van der Waals surface area contributed by atoms with E-state index in [2.05, 4.69) is 4.72 Å². The number of nitrogens with two attached hydrogens (primary N) is 1. The van der Waals surface area contributed by atoms with Gasteiger partial charge in [0.25, 0.3) is 0 Å². The molecule has 1 aliphatic heterocycles. The number of nitrogens with one attached hydrogen (secondary N) is 1. The van der Waals surface area contributed by atoms with E-state index in [0.29, 0.717) is 18.5 Å². The quantitative estimate of drug-likeness (QED) is 0.773. The minimum atomic E-state index is -3.93. The van der Waals surface area contributed by atoms with Gasteiger partial charge in [-0.25, -0.2) is 8.42 Å². The number of rotatable bonds is 4. The summed E-state index contributed by atoms with van der Waals surface area (Å²) in [6.45, 7) is 0.507. The number of hydrogen-bond donors (Lipinski definition) is 2. The molecule has 1 aliphatic rings. The summed E-state index contributed by atoms with van der Waals surface area (Å²) in [5.74, 6) is -0.264. The Hall–Kier alpha value is -1.22. The number of hydrogen-bond acceptors (Lipinski definition) is 4. The summed E-state index contributed by atoms with van der Waals surface area (Å²) in [7, 11) is -2.31. The second kappa shape index (κ2) is 5.88. The fraction of sp³-hybridized carbons (Fsp3) is 0.333. The number of amides is 1. The topological polar surface area (TPSA) is 92.5 Å². The van der Waals surface area contributed by atoms with Crippen LogP contribution in [0.4, 0.5) is 0 Å². The van der Waals surface area contributed by atoms with Crippen LogP contribution >= 0.6 is 23.8 Å². The number of likely N-dealkylation sites (N-methyl/N-ethyl adjacent to an activating group) is 1. The predicted molar refractivity (Wildman–Crippen MR) is 83.7 cm³/mol. The lowest BCUT2D eigenvalue weighted by Crippen LogP contribution is -2.40. The molecule has 0 spiro atoms. The summed E-state index contributed by atoms with van der Waals surface area (Å²) in [4.78, 5) is 13.2. The molecule has 114 valence electrons. The number of carbonyl (C=O) groups is 1. The van der Waals surface area contributed by atoms with Crippen LogP contribution in [0.15, 0.2) is 23.1 Å². The molecule has 1 amide bonds. The average molecular weight is 348 g/mol. The van der Waals surface area contributed by atoms with Crippen LogP contribution in [0, 0.1) is 0 Å². The highest BCUT2D eigenvalue weighted by Crippen LogP contribution is 2.24. The average Bonchev–Trinajstić information content (AvgIpc) is 2.70. The van der Waals surface area contributed by atoms with Gasteiger partial charge in [0, 0.05) is 19.2 Å². The highest BCUT2D eigenvalue weighted by molar-refractivity contribution is 7.89. The first-order valence-electron chi connectivity index (χ1n) is 6.09. The van der Waals surface area contributed by atoms with E-state index in [1.807, 2.05) is 0 Å². The van der Waals surface area contributed by atoms with Crippen LogP contribution in [0.1, 0.15) is 12.0 Å². The van der Waals surface area contributed by atoms with Crippen LogP contribution in [0.3, 0.4) is 0 Å². The third-order valence-corrected chi connectivity index (χ3v) is 5.42. The minimum Gasteiger partial charge on any atom is -0.389 e. The van der Waals surface area contributed by atoms with Crippen molar-refractivity contribution >= 4 is 44.7 Å². The number of likely N-dealkylation sites (tertiary alicyclic amines) is 1. The van der Waals surface area contributed by atoms with Crippen molar-refractivity contribution in [2.75, 3.05) is 13.6 Å². The maximum Gasteiger partial charge on any atom is 0.242 e. The normalized spacial score (nSPS) is 19.0. The van der Waals surface area contributed by atoms with Gasteiger partial charge >= 0.3 is 0 Å². The molecule has 1 unspecified atom stereocenters. The fourth-order valence-electron chi connectivity index (χ4n) is 2.05. The first kappa shape index (κ1) is 16.2. The number of thiocarbonyl (C=S) groups is 1. The summed E-state index contributed by atoms with van der Waals surface area (Å²) >= 11 is 10.8. The Morgan fingerprint density at radius 2 is 2.19 bits per heavy atom. The largest absolute Gasteiger partial charge is 0.389 e. The Balaban J connectivity index is 2.34. The van der Waals surface area contributed by atoms with Crippen molar-refractivity contribution in [2.45, 2.75) is 17.4 Å². The molecule has 3 N–H and O–H groups in total. The zero-order chi connectivity index (χ0) is 15.8. The molecule has 9 heteroatoms. The number of halogens is 1. The maximum atomic E-state index is 12.4. The highest BCUT2D eigenvalue weighted by atomic mass is 35.5. The van der Waals surface area contributed by atoms with E-state index in [9.17, 15) is 13.2 Å². The molecular formula is C12H14ClN3O3S2. The van der Waals surface area contributed by atoms with Gasteiger partial charge in [-0.2, -0.15) is 4.72 Å². The van der Waals surface area contributed by atoms with Gasteiger partial charge in [0.2, 0.25) is 15.9 Å². The van der Waals surface area contributed by atoms with Crippen LogP contribution in [0.2, 0.25) is 5.02 Å². The van der Waals surface area contributed by atoms with Crippen molar-refractivity contribution in [3.8, 4) is 0 Å². The van der Waals surface area contributed by atoms with E-state index in [-0.39, 0.29) is 20.8 Å². The number of benzene rings is 1. The molecule has 0 saturated carbocycles. The van der Waals surface area contributed by atoms with Gasteiger partial charge in [0.15, 0.2) is 0 Å². The molecule has 1 atom stereocenters. The minimum absolute atomic E-state index is 0.0429. The van der Waals surface area contributed by atoms with E-state index in [1.54, 1.807) is 7.05 Å². The molecule has 2 rings (SSSR count).